The molecule has 0 aliphatic heterocycles. The standard InChI is InChI=1S/C16H13NO4S/c17-12-5-1-11(2-6-12)16-14-9-13(18)7-3-10(14)4-8-15(16)22(19,20)21/h1-9,18H,17H2,(H,19,20,21). The molecule has 4 N–H and O–H groups in total. The van der Waals surface area contributed by atoms with Gasteiger partial charge in [0.2, 0.25) is 0 Å². The van der Waals surface area contributed by atoms with Crippen molar-refractivity contribution in [3.8, 4) is 16.9 Å². The van der Waals surface area contributed by atoms with Crippen LogP contribution in [-0.2, 0) is 10.1 Å². The van der Waals surface area contributed by atoms with Gasteiger partial charge in [-0.1, -0.05) is 24.3 Å². The molecule has 0 unspecified atom stereocenters. The van der Waals surface area contributed by atoms with Crippen molar-refractivity contribution in [3.05, 3.63) is 54.6 Å². The molecule has 0 aromatic heterocycles. The third-order valence-electron chi connectivity index (χ3n) is 3.44. The van der Waals surface area contributed by atoms with Crippen molar-refractivity contribution in [1.82, 2.24) is 0 Å². The lowest BCUT2D eigenvalue weighted by Gasteiger charge is -2.12. The summed E-state index contributed by atoms with van der Waals surface area (Å²) < 4.78 is 32.9. The zero-order valence-corrected chi connectivity index (χ0v) is 12.2. The van der Waals surface area contributed by atoms with E-state index in [1.165, 1.54) is 18.2 Å². The Bertz CT molecular complexity index is 963. The van der Waals surface area contributed by atoms with Gasteiger partial charge in [-0.25, -0.2) is 0 Å². The third kappa shape index (κ3) is 2.49. The smallest absolute Gasteiger partial charge is 0.295 e. The quantitative estimate of drug-likeness (QED) is 0.498. The number of phenols is 1. The highest BCUT2D eigenvalue weighted by atomic mass is 32.2. The number of nitrogen functional groups attached to an aromatic ring is 1. The Morgan fingerprint density at radius 2 is 1.55 bits per heavy atom. The molecular weight excluding hydrogens is 302 g/mol. The summed E-state index contributed by atoms with van der Waals surface area (Å²) in [6.45, 7) is 0. The van der Waals surface area contributed by atoms with Crippen LogP contribution in [0.15, 0.2) is 59.5 Å². The highest BCUT2D eigenvalue weighted by Crippen LogP contribution is 2.36. The first-order valence-electron chi connectivity index (χ1n) is 6.45. The Morgan fingerprint density at radius 3 is 2.18 bits per heavy atom. The lowest BCUT2D eigenvalue weighted by Crippen LogP contribution is -2.01. The average molecular weight is 315 g/mol. The Labute approximate surface area is 127 Å². The molecule has 0 amide bonds. The lowest BCUT2D eigenvalue weighted by molar-refractivity contribution is 0.475. The van der Waals surface area contributed by atoms with Gasteiger partial charge in [-0.15, -0.1) is 0 Å². The predicted molar refractivity (Wildman–Crippen MR) is 85.3 cm³/mol. The van der Waals surface area contributed by atoms with Crippen molar-refractivity contribution < 1.29 is 18.1 Å². The summed E-state index contributed by atoms with van der Waals surface area (Å²) in [6, 6.07) is 14.2. The van der Waals surface area contributed by atoms with Crippen LogP contribution in [0.25, 0.3) is 21.9 Å². The van der Waals surface area contributed by atoms with E-state index in [0.717, 1.165) is 5.39 Å². The van der Waals surface area contributed by atoms with E-state index in [4.69, 9.17) is 5.73 Å². The van der Waals surface area contributed by atoms with Crippen molar-refractivity contribution in [1.29, 1.82) is 0 Å². The number of nitrogens with two attached hydrogens (primary N) is 1. The molecule has 0 atom stereocenters. The van der Waals surface area contributed by atoms with E-state index in [1.807, 2.05) is 0 Å². The molecule has 0 radical (unpaired) electrons. The number of anilines is 1. The fraction of sp³-hybridized carbons (Fsp3) is 0. The summed E-state index contributed by atoms with van der Waals surface area (Å²) >= 11 is 0. The van der Waals surface area contributed by atoms with E-state index in [0.29, 0.717) is 22.2 Å². The number of phenolic OH excluding ortho intramolecular Hbond substituents is 1. The van der Waals surface area contributed by atoms with E-state index in [1.54, 1.807) is 36.4 Å². The highest BCUT2D eigenvalue weighted by molar-refractivity contribution is 7.86. The molecule has 0 saturated heterocycles. The van der Waals surface area contributed by atoms with Crippen LogP contribution in [-0.4, -0.2) is 18.1 Å². The Kier molecular flexibility index (Phi) is 3.27. The first kappa shape index (κ1) is 14.4. The maximum absolute atomic E-state index is 11.7. The van der Waals surface area contributed by atoms with Crippen molar-refractivity contribution >= 4 is 26.6 Å². The van der Waals surface area contributed by atoms with Gasteiger partial charge in [0.05, 0.1) is 0 Å². The van der Waals surface area contributed by atoms with Crippen LogP contribution in [0.5, 0.6) is 5.75 Å². The van der Waals surface area contributed by atoms with Crippen LogP contribution in [0.3, 0.4) is 0 Å². The minimum absolute atomic E-state index is 0.0108. The van der Waals surface area contributed by atoms with Gasteiger partial charge >= 0.3 is 0 Å². The molecule has 3 aromatic carbocycles. The monoisotopic (exact) mass is 315 g/mol. The first-order valence-corrected chi connectivity index (χ1v) is 7.89. The van der Waals surface area contributed by atoms with Gasteiger partial charge in [-0.2, -0.15) is 8.42 Å². The summed E-state index contributed by atoms with van der Waals surface area (Å²) in [5, 5.41) is 11.0. The van der Waals surface area contributed by atoms with Gasteiger partial charge in [0.25, 0.3) is 10.1 Å². The number of hydrogen-bond donors (Lipinski definition) is 3. The molecule has 5 nitrogen and oxygen atoms in total. The molecule has 3 aromatic rings. The van der Waals surface area contributed by atoms with Gasteiger partial charge < -0.3 is 10.8 Å². The zero-order valence-electron chi connectivity index (χ0n) is 11.4. The second kappa shape index (κ2) is 5.01. The maximum atomic E-state index is 11.7. The second-order valence-electron chi connectivity index (χ2n) is 4.94. The molecule has 3 rings (SSSR count). The minimum atomic E-state index is -4.41. The number of benzene rings is 3. The first-order chi connectivity index (χ1) is 10.4. The van der Waals surface area contributed by atoms with Crippen LogP contribution < -0.4 is 5.73 Å². The third-order valence-corrected chi connectivity index (χ3v) is 4.34. The Balaban J connectivity index is 2.46. The Morgan fingerprint density at radius 1 is 0.909 bits per heavy atom. The van der Waals surface area contributed by atoms with Crippen molar-refractivity contribution in [3.63, 3.8) is 0 Å². The number of aromatic hydroxyl groups is 1. The molecule has 0 fully saturated rings. The SMILES string of the molecule is Nc1ccc(-c2c(S(=O)(=O)O)ccc3ccc(O)cc23)cc1. The zero-order chi connectivity index (χ0) is 15.9. The molecule has 0 saturated carbocycles. The van der Waals surface area contributed by atoms with E-state index in [-0.39, 0.29) is 10.6 Å². The molecule has 112 valence electrons. The van der Waals surface area contributed by atoms with Crippen LogP contribution in [0.1, 0.15) is 0 Å². The maximum Gasteiger partial charge on any atom is 0.295 e. The molecule has 0 aliphatic carbocycles. The fourth-order valence-corrected chi connectivity index (χ4v) is 3.18. The van der Waals surface area contributed by atoms with Crippen molar-refractivity contribution in [2.45, 2.75) is 4.90 Å². The molecule has 0 heterocycles. The van der Waals surface area contributed by atoms with Gasteiger partial charge in [-0.3, -0.25) is 4.55 Å². The summed E-state index contributed by atoms with van der Waals surface area (Å²) in [7, 11) is -4.41. The van der Waals surface area contributed by atoms with Gasteiger partial charge in [0.15, 0.2) is 0 Å². The van der Waals surface area contributed by atoms with Crippen LogP contribution in [0.4, 0.5) is 5.69 Å². The van der Waals surface area contributed by atoms with Crippen LogP contribution in [0.2, 0.25) is 0 Å². The molecule has 6 heteroatoms. The summed E-state index contributed by atoms with van der Waals surface area (Å²) in [5.74, 6) is 0.0108. The highest BCUT2D eigenvalue weighted by Gasteiger charge is 2.19. The molecule has 22 heavy (non-hydrogen) atoms. The van der Waals surface area contributed by atoms with E-state index in [9.17, 15) is 18.1 Å². The number of fused-ring (bicyclic) bond motifs is 1. The summed E-state index contributed by atoms with van der Waals surface area (Å²) in [5.41, 5.74) is 7.11. The molecule has 0 bridgehead atoms. The van der Waals surface area contributed by atoms with Crippen molar-refractivity contribution in [2.24, 2.45) is 0 Å². The normalized spacial score (nSPS) is 11.7. The van der Waals surface area contributed by atoms with Gasteiger partial charge in [0.1, 0.15) is 10.6 Å². The number of hydrogen-bond acceptors (Lipinski definition) is 4. The number of rotatable bonds is 2. The van der Waals surface area contributed by atoms with Crippen LogP contribution in [0, 0.1) is 0 Å². The fourth-order valence-electron chi connectivity index (χ4n) is 2.45. The van der Waals surface area contributed by atoms with Gasteiger partial charge in [0, 0.05) is 11.3 Å². The lowest BCUT2D eigenvalue weighted by atomic mass is 9.98. The van der Waals surface area contributed by atoms with Gasteiger partial charge in [-0.05, 0) is 46.7 Å². The van der Waals surface area contributed by atoms with Crippen LogP contribution >= 0.6 is 0 Å². The molecule has 0 aliphatic rings. The van der Waals surface area contributed by atoms with E-state index in [2.05, 4.69) is 0 Å². The summed E-state index contributed by atoms with van der Waals surface area (Å²) in [6.07, 6.45) is 0. The molecule has 0 spiro atoms. The second-order valence-corrected chi connectivity index (χ2v) is 6.33. The van der Waals surface area contributed by atoms with E-state index >= 15 is 0 Å². The average Bonchev–Trinajstić information content (AvgIpc) is 2.46. The van der Waals surface area contributed by atoms with Crippen molar-refractivity contribution in [2.75, 3.05) is 5.73 Å². The topological polar surface area (TPSA) is 101 Å². The predicted octanol–water partition coefficient (Wildman–Crippen LogP) is 3.04. The minimum Gasteiger partial charge on any atom is -0.508 e. The Hall–Kier alpha value is -2.57. The summed E-state index contributed by atoms with van der Waals surface area (Å²) in [4.78, 5) is -0.213. The van der Waals surface area contributed by atoms with E-state index < -0.39 is 10.1 Å². The largest absolute Gasteiger partial charge is 0.508 e. The molecular formula is C16H13NO4S.